The van der Waals surface area contributed by atoms with Crippen molar-refractivity contribution in [3.8, 4) is 0 Å². The van der Waals surface area contributed by atoms with E-state index in [0.717, 1.165) is 48.2 Å². The van der Waals surface area contributed by atoms with Gasteiger partial charge in [-0.2, -0.15) is 0 Å². The molecule has 0 aliphatic carbocycles. The van der Waals surface area contributed by atoms with Crippen molar-refractivity contribution < 1.29 is 17.6 Å². The Bertz CT molecular complexity index is 992. The van der Waals surface area contributed by atoms with E-state index in [0.29, 0.717) is 10.7 Å². The smallest absolute Gasteiger partial charge is 0.276 e. The standard InChI is InChI=1S/C20H27N3O4S/c1-12-10-13(2)15(4)19(14(12)3)28(25,26)21-11-17-22-18(16(5)27-17)20(24)23-8-6-7-9-23/h10,21H,6-9,11H2,1-5H3. The third-order valence-electron chi connectivity index (χ3n) is 5.42. The second-order valence-corrected chi connectivity index (χ2v) is 9.13. The van der Waals surface area contributed by atoms with E-state index in [2.05, 4.69) is 9.71 Å². The summed E-state index contributed by atoms with van der Waals surface area (Å²) in [6.07, 6.45) is 1.98. The summed E-state index contributed by atoms with van der Waals surface area (Å²) in [7, 11) is -3.75. The fourth-order valence-corrected chi connectivity index (χ4v) is 5.19. The van der Waals surface area contributed by atoms with Gasteiger partial charge in [0.2, 0.25) is 15.9 Å². The van der Waals surface area contributed by atoms with Crippen LogP contribution in [0.5, 0.6) is 0 Å². The van der Waals surface area contributed by atoms with E-state index in [1.54, 1.807) is 25.7 Å². The number of amides is 1. The molecule has 1 saturated heterocycles. The molecule has 3 rings (SSSR count). The summed E-state index contributed by atoms with van der Waals surface area (Å²) < 4.78 is 34.0. The number of sulfonamides is 1. The van der Waals surface area contributed by atoms with Crippen molar-refractivity contribution >= 4 is 15.9 Å². The first-order chi connectivity index (χ1) is 13.1. The summed E-state index contributed by atoms with van der Waals surface area (Å²) in [4.78, 5) is 18.8. The molecule has 1 aliphatic heterocycles. The number of nitrogens with one attached hydrogen (secondary N) is 1. The number of hydrogen-bond acceptors (Lipinski definition) is 5. The molecule has 2 aromatic rings. The van der Waals surface area contributed by atoms with Crippen LogP contribution in [0, 0.1) is 34.6 Å². The number of benzene rings is 1. The highest BCUT2D eigenvalue weighted by Crippen LogP contribution is 2.26. The highest BCUT2D eigenvalue weighted by Gasteiger charge is 2.26. The Kier molecular flexibility index (Phi) is 5.63. The molecule has 8 heteroatoms. The topological polar surface area (TPSA) is 92.5 Å². The van der Waals surface area contributed by atoms with Crippen LogP contribution in [0.2, 0.25) is 0 Å². The van der Waals surface area contributed by atoms with Crippen molar-refractivity contribution in [3.63, 3.8) is 0 Å². The molecule has 0 unspecified atom stereocenters. The monoisotopic (exact) mass is 405 g/mol. The maximum absolute atomic E-state index is 12.9. The highest BCUT2D eigenvalue weighted by atomic mass is 32.2. The first-order valence-corrected chi connectivity index (χ1v) is 10.9. The van der Waals surface area contributed by atoms with Crippen molar-refractivity contribution in [2.24, 2.45) is 0 Å². The second-order valence-electron chi connectivity index (χ2n) is 7.43. The van der Waals surface area contributed by atoms with Gasteiger partial charge in [0.1, 0.15) is 5.76 Å². The van der Waals surface area contributed by atoms with Crippen molar-refractivity contribution in [1.82, 2.24) is 14.6 Å². The average molecular weight is 406 g/mol. The predicted octanol–water partition coefficient (Wildman–Crippen LogP) is 2.93. The van der Waals surface area contributed by atoms with Crippen LogP contribution in [0.3, 0.4) is 0 Å². The first-order valence-electron chi connectivity index (χ1n) is 9.44. The zero-order valence-corrected chi connectivity index (χ0v) is 17.9. The lowest BCUT2D eigenvalue weighted by atomic mass is 10.0. The molecule has 1 aromatic heterocycles. The van der Waals surface area contributed by atoms with Gasteiger partial charge in [-0.05, 0) is 69.7 Å². The highest BCUT2D eigenvalue weighted by molar-refractivity contribution is 7.89. The average Bonchev–Trinajstić information content (AvgIpc) is 3.27. The van der Waals surface area contributed by atoms with Crippen molar-refractivity contribution in [1.29, 1.82) is 0 Å². The Morgan fingerprint density at radius 3 is 2.25 bits per heavy atom. The zero-order chi connectivity index (χ0) is 20.6. The molecule has 28 heavy (non-hydrogen) atoms. The van der Waals surface area contributed by atoms with Crippen LogP contribution < -0.4 is 4.72 Å². The second kappa shape index (κ2) is 7.67. The molecule has 1 amide bonds. The van der Waals surface area contributed by atoms with Gasteiger partial charge < -0.3 is 9.32 Å². The third-order valence-corrected chi connectivity index (χ3v) is 7.09. The summed E-state index contributed by atoms with van der Waals surface area (Å²) in [5.41, 5.74) is 3.56. The molecule has 1 fully saturated rings. The number of aryl methyl sites for hydroxylation is 3. The summed E-state index contributed by atoms with van der Waals surface area (Å²) in [6.45, 7) is 10.4. The van der Waals surface area contributed by atoms with Gasteiger partial charge in [-0.1, -0.05) is 6.07 Å². The number of rotatable bonds is 5. The molecule has 0 spiro atoms. The SMILES string of the molecule is Cc1cc(C)c(C)c(S(=O)(=O)NCc2nc(C(=O)N3CCCC3)c(C)o2)c1C. The fourth-order valence-electron chi connectivity index (χ4n) is 3.61. The van der Waals surface area contributed by atoms with Gasteiger partial charge in [0.05, 0.1) is 11.4 Å². The lowest BCUT2D eigenvalue weighted by molar-refractivity contribution is 0.0786. The molecule has 1 N–H and O–H groups in total. The predicted molar refractivity (Wildman–Crippen MR) is 106 cm³/mol. The van der Waals surface area contributed by atoms with Crippen molar-refractivity contribution in [2.75, 3.05) is 13.1 Å². The molecule has 0 atom stereocenters. The van der Waals surface area contributed by atoms with E-state index in [-0.39, 0.29) is 24.0 Å². The number of oxazole rings is 1. The molecule has 2 heterocycles. The van der Waals surface area contributed by atoms with E-state index in [1.807, 2.05) is 19.9 Å². The minimum absolute atomic E-state index is 0.109. The minimum Gasteiger partial charge on any atom is -0.444 e. The van der Waals surface area contributed by atoms with Gasteiger partial charge in [-0.25, -0.2) is 18.1 Å². The molecule has 1 aliphatic rings. The molecule has 152 valence electrons. The molecule has 7 nitrogen and oxygen atoms in total. The fraction of sp³-hybridized carbons (Fsp3) is 0.500. The van der Waals surface area contributed by atoms with Crippen molar-refractivity contribution in [3.05, 3.63) is 45.7 Å². The maximum Gasteiger partial charge on any atom is 0.276 e. The van der Waals surface area contributed by atoms with Crippen LogP contribution in [0.25, 0.3) is 0 Å². The molecular weight excluding hydrogens is 378 g/mol. The van der Waals surface area contributed by atoms with Gasteiger partial charge >= 0.3 is 0 Å². The summed E-state index contributed by atoms with van der Waals surface area (Å²) in [5, 5.41) is 0. The van der Waals surface area contributed by atoms with Gasteiger partial charge in [-0.3, -0.25) is 4.79 Å². The molecule has 0 saturated carbocycles. The number of nitrogens with zero attached hydrogens (tertiary/aromatic N) is 2. The summed E-state index contributed by atoms with van der Waals surface area (Å²) >= 11 is 0. The van der Waals surface area contributed by atoms with Gasteiger partial charge in [0.15, 0.2) is 5.69 Å². The Hall–Kier alpha value is -2.19. The van der Waals surface area contributed by atoms with Crippen LogP contribution in [-0.4, -0.2) is 37.3 Å². The van der Waals surface area contributed by atoms with Crippen molar-refractivity contribution in [2.45, 2.75) is 58.9 Å². The number of likely N-dealkylation sites (tertiary alicyclic amines) is 1. The zero-order valence-electron chi connectivity index (χ0n) is 17.0. The lowest BCUT2D eigenvalue weighted by Gasteiger charge is -2.15. The Balaban J connectivity index is 1.81. The molecular formula is C20H27N3O4S. The van der Waals surface area contributed by atoms with Gasteiger partial charge in [0.25, 0.3) is 5.91 Å². The number of carbonyl (C=O) groups excluding carboxylic acids is 1. The van der Waals surface area contributed by atoms with Crippen LogP contribution in [0.4, 0.5) is 0 Å². The van der Waals surface area contributed by atoms with Gasteiger partial charge in [-0.15, -0.1) is 0 Å². The summed E-state index contributed by atoms with van der Waals surface area (Å²) in [5.74, 6) is 0.432. The maximum atomic E-state index is 12.9. The van der Waals surface area contributed by atoms with E-state index < -0.39 is 10.0 Å². The van der Waals surface area contributed by atoms with Crippen LogP contribution in [-0.2, 0) is 16.6 Å². The van der Waals surface area contributed by atoms with E-state index in [4.69, 9.17) is 4.42 Å². The van der Waals surface area contributed by atoms with Crippen LogP contribution >= 0.6 is 0 Å². The first kappa shape index (κ1) is 20.5. The minimum atomic E-state index is -3.75. The van der Waals surface area contributed by atoms with E-state index in [1.165, 1.54) is 0 Å². The Labute approximate surface area is 166 Å². The number of hydrogen-bond donors (Lipinski definition) is 1. The van der Waals surface area contributed by atoms with Crippen LogP contribution in [0.15, 0.2) is 15.4 Å². The number of aromatic nitrogens is 1. The Morgan fingerprint density at radius 2 is 1.68 bits per heavy atom. The normalized spacial score (nSPS) is 14.7. The Morgan fingerprint density at radius 1 is 1.11 bits per heavy atom. The molecule has 1 aromatic carbocycles. The van der Waals surface area contributed by atoms with E-state index >= 15 is 0 Å². The van der Waals surface area contributed by atoms with E-state index in [9.17, 15) is 13.2 Å². The lowest BCUT2D eigenvalue weighted by Crippen LogP contribution is -2.28. The molecule has 0 radical (unpaired) electrons. The van der Waals surface area contributed by atoms with Gasteiger partial charge in [0, 0.05) is 13.1 Å². The summed E-state index contributed by atoms with van der Waals surface area (Å²) in [6, 6.07) is 1.98. The van der Waals surface area contributed by atoms with Crippen LogP contribution in [0.1, 0.15) is 57.2 Å². The molecule has 0 bridgehead atoms. The quantitative estimate of drug-likeness (QED) is 0.826. The third kappa shape index (κ3) is 3.84. The number of carbonyl (C=O) groups is 1. The largest absolute Gasteiger partial charge is 0.444 e.